The second-order valence-electron chi connectivity index (χ2n) is 2.35. The number of hydrogen-bond acceptors (Lipinski definition) is 2. The molecule has 1 aromatic rings. The van der Waals surface area contributed by atoms with E-state index < -0.39 is 0 Å². The van der Waals surface area contributed by atoms with Gasteiger partial charge in [-0.05, 0) is 19.4 Å². The van der Waals surface area contributed by atoms with Crippen LogP contribution >= 0.6 is 11.6 Å². The van der Waals surface area contributed by atoms with Crippen molar-refractivity contribution in [1.82, 2.24) is 4.98 Å². The number of pyridine rings is 1. The van der Waals surface area contributed by atoms with Crippen molar-refractivity contribution in [2.75, 3.05) is 0 Å². The molecule has 0 bridgehead atoms. The van der Waals surface area contributed by atoms with Crippen LogP contribution in [0.5, 0.6) is 0 Å². The summed E-state index contributed by atoms with van der Waals surface area (Å²) in [5.74, 6) is 0. The van der Waals surface area contributed by atoms with Gasteiger partial charge in [0, 0.05) is 17.5 Å². The van der Waals surface area contributed by atoms with E-state index in [1.165, 1.54) is 0 Å². The summed E-state index contributed by atoms with van der Waals surface area (Å²) >= 11 is 5.74. The lowest BCUT2D eigenvalue weighted by atomic mass is 10.1. The molecule has 1 rings (SSSR count). The van der Waals surface area contributed by atoms with Crippen molar-refractivity contribution in [3.8, 4) is 0 Å². The first kappa shape index (κ1) is 8.21. The third kappa shape index (κ3) is 1.40. The lowest BCUT2D eigenvalue weighted by Crippen LogP contribution is -1.94. The number of aromatic nitrogens is 1. The molecule has 1 aromatic heterocycles. The number of carbonyl (C=O) groups is 1. The van der Waals surface area contributed by atoms with Gasteiger partial charge in [0.15, 0.2) is 6.29 Å². The number of nitrogens with zero attached hydrogens (tertiary/aromatic N) is 1. The van der Waals surface area contributed by atoms with Crippen molar-refractivity contribution in [1.29, 1.82) is 0 Å². The summed E-state index contributed by atoms with van der Waals surface area (Å²) in [5, 5.41) is 0.540. The first-order chi connectivity index (χ1) is 5.16. The summed E-state index contributed by atoms with van der Waals surface area (Å²) in [7, 11) is 0. The maximum absolute atomic E-state index is 10.5. The van der Waals surface area contributed by atoms with Gasteiger partial charge in [0.2, 0.25) is 0 Å². The highest BCUT2D eigenvalue weighted by atomic mass is 35.5. The molecule has 0 aliphatic rings. The van der Waals surface area contributed by atoms with E-state index in [2.05, 4.69) is 4.98 Å². The third-order valence-electron chi connectivity index (χ3n) is 1.64. The fourth-order valence-electron chi connectivity index (χ4n) is 0.894. The molecule has 0 N–H and O–H groups in total. The Bertz CT molecular complexity index is 296. The molecule has 0 unspecified atom stereocenters. The minimum absolute atomic E-state index is 0.540. The fraction of sp³-hybridized carbons (Fsp3) is 0.250. The summed E-state index contributed by atoms with van der Waals surface area (Å²) in [6.45, 7) is 3.59. The van der Waals surface area contributed by atoms with Gasteiger partial charge >= 0.3 is 0 Å². The van der Waals surface area contributed by atoms with Crippen LogP contribution in [0.3, 0.4) is 0 Å². The van der Waals surface area contributed by atoms with Gasteiger partial charge in [-0.3, -0.25) is 9.78 Å². The molecule has 0 aliphatic carbocycles. The predicted molar refractivity (Wildman–Crippen MR) is 44.1 cm³/mol. The van der Waals surface area contributed by atoms with Crippen LogP contribution in [0.25, 0.3) is 0 Å². The molecule has 0 aromatic carbocycles. The summed E-state index contributed by atoms with van der Waals surface area (Å²) in [6, 6.07) is 0. The maximum Gasteiger partial charge on any atom is 0.152 e. The van der Waals surface area contributed by atoms with Crippen LogP contribution in [-0.2, 0) is 0 Å². The number of halogens is 1. The zero-order valence-corrected chi connectivity index (χ0v) is 7.14. The summed E-state index contributed by atoms with van der Waals surface area (Å²) in [5.41, 5.74) is 2.12. The zero-order valence-electron chi connectivity index (χ0n) is 6.39. The van der Waals surface area contributed by atoms with E-state index in [-0.39, 0.29) is 0 Å². The molecule has 0 atom stereocenters. The number of aryl methyl sites for hydroxylation is 1. The maximum atomic E-state index is 10.5. The molecular weight excluding hydrogens is 162 g/mol. The molecule has 3 heteroatoms. The van der Waals surface area contributed by atoms with Crippen LogP contribution < -0.4 is 0 Å². The Labute approximate surface area is 70.2 Å². The monoisotopic (exact) mass is 169 g/mol. The molecule has 0 spiro atoms. The topological polar surface area (TPSA) is 30.0 Å². The molecular formula is C8H8ClNO. The highest BCUT2D eigenvalue weighted by molar-refractivity contribution is 6.31. The summed E-state index contributed by atoms with van der Waals surface area (Å²) in [4.78, 5) is 14.4. The van der Waals surface area contributed by atoms with Gasteiger partial charge in [0.05, 0.1) is 5.02 Å². The second kappa shape index (κ2) is 3.01. The van der Waals surface area contributed by atoms with E-state index in [1.54, 1.807) is 20.0 Å². The molecule has 0 saturated carbocycles. The van der Waals surface area contributed by atoms with Crippen LogP contribution in [-0.4, -0.2) is 11.3 Å². The Morgan fingerprint density at radius 2 is 2.18 bits per heavy atom. The minimum Gasteiger partial charge on any atom is -0.298 e. The number of hydrogen-bond donors (Lipinski definition) is 0. The van der Waals surface area contributed by atoms with E-state index in [9.17, 15) is 4.79 Å². The fourth-order valence-corrected chi connectivity index (χ4v) is 1.04. The lowest BCUT2D eigenvalue weighted by molar-refractivity contribution is 0.112. The number of aldehydes is 1. The zero-order chi connectivity index (χ0) is 8.43. The van der Waals surface area contributed by atoms with Gasteiger partial charge in [-0.2, -0.15) is 0 Å². The van der Waals surface area contributed by atoms with Crippen LogP contribution in [0.15, 0.2) is 6.20 Å². The Hall–Kier alpha value is -0.890. The van der Waals surface area contributed by atoms with Crippen molar-refractivity contribution in [2.24, 2.45) is 0 Å². The van der Waals surface area contributed by atoms with E-state index in [4.69, 9.17) is 11.6 Å². The van der Waals surface area contributed by atoms with Gasteiger partial charge in [0.1, 0.15) is 0 Å². The first-order valence-electron chi connectivity index (χ1n) is 3.23. The molecule has 0 aliphatic heterocycles. The molecule has 0 radical (unpaired) electrons. The molecule has 11 heavy (non-hydrogen) atoms. The quantitative estimate of drug-likeness (QED) is 0.603. The van der Waals surface area contributed by atoms with Crippen molar-refractivity contribution in [3.05, 3.63) is 28.0 Å². The van der Waals surface area contributed by atoms with Crippen LogP contribution in [0.2, 0.25) is 5.02 Å². The highest BCUT2D eigenvalue weighted by Crippen LogP contribution is 2.18. The minimum atomic E-state index is 0.540. The summed E-state index contributed by atoms with van der Waals surface area (Å²) in [6.07, 6.45) is 2.34. The molecule has 58 valence electrons. The predicted octanol–water partition coefficient (Wildman–Crippen LogP) is 2.16. The van der Waals surface area contributed by atoms with Gasteiger partial charge in [-0.25, -0.2) is 0 Å². The Kier molecular flexibility index (Phi) is 2.25. The normalized spacial score (nSPS) is 9.73. The van der Waals surface area contributed by atoms with Crippen molar-refractivity contribution in [2.45, 2.75) is 13.8 Å². The van der Waals surface area contributed by atoms with Crippen LogP contribution in [0.4, 0.5) is 0 Å². The summed E-state index contributed by atoms with van der Waals surface area (Å²) < 4.78 is 0. The average molecular weight is 170 g/mol. The van der Waals surface area contributed by atoms with Gasteiger partial charge in [-0.1, -0.05) is 11.6 Å². The largest absolute Gasteiger partial charge is 0.298 e. The SMILES string of the molecule is Cc1ncc(Cl)c(C)c1C=O. The number of carbonyl (C=O) groups excluding carboxylic acids is 1. The molecule has 1 heterocycles. The molecule has 0 fully saturated rings. The average Bonchev–Trinajstić information content (AvgIpc) is 1.99. The smallest absolute Gasteiger partial charge is 0.152 e. The molecule has 2 nitrogen and oxygen atoms in total. The van der Waals surface area contributed by atoms with E-state index in [0.717, 1.165) is 17.5 Å². The standard InChI is InChI=1S/C8H8ClNO/c1-5-7(4-11)6(2)10-3-8(5)9/h3-4H,1-2H3. The van der Waals surface area contributed by atoms with Crippen molar-refractivity contribution >= 4 is 17.9 Å². The molecule has 0 saturated heterocycles. The highest BCUT2D eigenvalue weighted by Gasteiger charge is 2.04. The van der Waals surface area contributed by atoms with E-state index >= 15 is 0 Å². The van der Waals surface area contributed by atoms with Gasteiger partial charge in [0.25, 0.3) is 0 Å². The van der Waals surface area contributed by atoms with E-state index in [1.807, 2.05) is 0 Å². The Morgan fingerprint density at radius 3 is 2.64 bits per heavy atom. The Balaban J connectivity index is 3.40. The van der Waals surface area contributed by atoms with Crippen LogP contribution in [0, 0.1) is 13.8 Å². The number of rotatable bonds is 1. The van der Waals surface area contributed by atoms with E-state index in [0.29, 0.717) is 10.6 Å². The van der Waals surface area contributed by atoms with Gasteiger partial charge in [-0.15, -0.1) is 0 Å². The lowest BCUT2D eigenvalue weighted by Gasteiger charge is -2.02. The third-order valence-corrected chi connectivity index (χ3v) is 2.02. The van der Waals surface area contributed by atoms with Crippen LogP contribution in [0.1, 0.15) is 21.6 Å². The first-order valence-corrected chi connectivity index (χ1v) is 3.61. The Morgan fingerprint density at radius 1 is 1.55 bits per heavy atom. The molecule has 0 amide bonds. The second-order valence-corrected chi connectivity index (χ2v) is 2.76. The van der Waals surface area contributed by atoms with Crippen molar-refractivity contribution < 1.29 is 4.79 Å². The van der Waals surface area contributed by atoms with Crippen molar-refractivity contribution in [3.63, 3.8) is 0 Å². The van der Waals surface area contributed by atoms with Gasteiger partial charge < -0.3 is 0 Å².